The molecule has 0 aromatic carbocycles. The van der Waals surface area contributed by atoms with Gasteiger partial charge in [0, 0.05) is 25.3 Å². The highest BCUT2D eigenvalue weighted by molar-refractivity contribution is 7.91. The predicted octanol–water partition coefficient (Wildman–Crippen LogP) is 1.21. The Kier molecular flexibility index (Phi) is 3.76. The molecule has 1 heterocycles. The Morgan fingerprint density at radius 3 is 2.29 bits per heavy atom. The van der Waals surface area contributed by atoms with Gasteiger partial charge in [-0.3, -0.25) is 4.79 Å². The van der Waals surface area contributed by atoms with Crippen molar-refractivity contribution in [3.63, 3.8) is 0 Å². The Labute approximate surface area is 103 Å². The summed E-state index contributed by atoms with van der Waals surface area (Å²) >= 11 is 0. The van der Waals surface area contributed by atoms with Crippen LogP contribution >= 0.6 is 0 Å². The van der Waals surface area contributed by atoms with E-state index in [-0.39, 0.29) is 17.1 Å². The lowest BCUT2D eigenvalue weighted by Crippen LogP contribution is -2.36. The van der Waals surface area contributed by atoms with Crippen LogP contribution in [-0.2, 0) is 14.6 Å². The number of nitrogens with zero attached hydrogens (tertiary/aromatic N) is 1. The number of sulfone groups is 1. The van der Waals surface area contributed by atoms with E-state index in [0.29, 0.717) is 19.5 Å². The summed E-state index contributed by atoms with van der Waals surface area (Å²) in [5, 5.41) is -0.338. The quantitative estimate of drug-likeness (QED) is 0.749. The highest BCUT2D eigenvalue weighted by atomic mass is 32.2. The maximum Gasteiger partial charge on any atom is 0.225 e. The molecule has 98 valence electrons. The van der Waals surface area contributed by atoms with E-state index < -0.39 is 9.84 Å². The van der Waals surface area contributed by atoms with Gasteiger partial charge in [-0.25, -0.2) is 8.42 Å². The maximum atomic E-state index is 12.2. The third kappa shape index (κ3) is 3.00. The molecule has 0 bridgehead atoms. The molecule has 1 aliphatic heterocycles. The van der Waals surface area contributed by atoms with Crippen molar-refractivity contribution >= 4 is 15.7 Å². The molecular formula is C12H21NO3S. The fraction of sp³-hybridized carbons (Fsp3) is 0.917. The lowest BCUT2D eigenvalue weighted by atomic mass is 9.88. The van der Waals surface area contributed by atoms with Gasteiger partial charge < -0.3 is 4.90 Å². The van der Waals surface area contributed by atoms with Gasteiger partial charge in [0.05, 0.1) is 5.25 Å². The first-order valence-electron chi connectivity index (χ1n) is 6.46. The normalized spacial score (nSPS) is 27.4. The summed E-state index contributed by atoms with van der Waals surface area (Å²) in [7, 11) is -2.99. The van der Waals surface area contributed by atoms with Crippen LogP contribution in [0.2, 0.25) is 0 Å². The first-order chi connectivity index (χ1) is 7.98. The van der Waals surface area contributed by atoms with Crippen molar-refractivity contribution in [1.29, 1.82) is 0 Å². The van der Waals surface area contributed by atoms with Gasteiger partial charge in [0.1, 0.15) is 0 Å². The first kappa shape index (κ1) is 12.9. The molecule has 0 spiro atoms. The van der Waals surface area contributed by atoms with Gasteiger partial charge in [0.2, 0.25) is 5.91 Å². The zero-order valence-corrected chi connectivity index (χ0v) is 11.2. The molecular weight excluding hydrogens is 238 g/mol. The number of likely N-dealkylation sites (tertiary alicyclic amines) is 1. The summed E-state index contributed by atoms with van der Waals surface area (Å²) in [4.78, 5) is 14.0. The van der Waals surface area contributed by atoms with Crippen molar-refractivity contribution in [2.75, 3.05) is 19.3 Å². The second-order valence-electron chi connectivity index (χ2n) is 5.36. The molecule has 2 fully saturated rings. The topological polar surface area (TPSA) is 54.5 Å². The summed E-state index contributed by atoms with van der Waals surface area (Å²) < 4.78 is 22.9. The summed E-state index contributed by atoms with van der Waals surface area (Å²) in [6, 6.07) is 0. The highest BCUT2D eigenvalue weighted by Gasteiger charge is 2.35. The van der Waals surface area contributed by atoms with Crippen LogP contribution in [0.4, 0.5) is 0 Å². The second kappa shape index (κ2) is 4.96. The standard InChI is InChI=1S/C12H21NO3S/c1-17(15,16)11-7-8-13(9-11)12(14)10-5-3-2-4-6-10/h10-11H,2-9H2,1H3. The van der Waals surface area contributed by atoms with Gasteiger partial charge in [-0.15, -0.1) is 0 Å². The van der Waals surface area contributed by atoms with E-state index in [9.17, 15) is 13.2 Å². The van der Waals surface area contributed by atoms with Crippen molar-refractivity contribution in [3.8, 4) is 0 Å². The molecule has 2 aliphatic rings. The molecule has 1 amide bonds. The Bertz CT molecular complexity index is 385. The number of rotatable bonds is 2. The Morgan fingerprint density at radius 2 is 1.76 bits per heavy atom. The average Bonchev–Trinajstić information content (AvgIpc) is 2.78. The fourth-order valence-electron chi connectivity index (χ4n) is 2.89. The van der Waals surface area contributed by atoms with Gasteiger partial charge >= 0.3 is 0 Å². The van der Waals surface area contributed by atoms with E-state index in [1.807, 2.05) is 0 Å². The number of carbonyl (C=O) groups is 1. The minimum absolute atomic E-state index is 0.155. The van der Waals surface area contributed by atoms with Crippen LogP contribution in [0.25, 0.3) is 0 Å². The van der Waals surface area contributed by atoms with Crippen LogP contribution in [-0.4, -0.2) is 43.8 Å². The average molecular weight is 259 g/mol. The number of hydrogen-bond donors (Lipinski definition) is 0. The van der Waals surface area contributed by atoms with Gasteiger partial charge in [-0.05, 0) is 19.3 Å². The van der Waals surface area contributed by atoms with Gasteiger partial charge in [0.25, 0.3) is 0 Å². The third-order valence-electron chi connectivity index (χ3n) is 4.02. The molecule has 1 saturated carbocycles. The Balaban J connectivity index is 1.93. The van der Waals surface area contributed by atoms with Crippen molar-refractivity contribution < 1.29 is 13.2 Å². The van der Waals surface area contributed by atoms with Crippen molar-refractivity contribution in [3.05, 3.63) is 0 Å². The lowest BCUT2D eigenvalue weighted by Gasteiger charge is -2.26. The number of carbonyl (C=O) groups excluding carboxylic acids is 1. The minimum atomic E-state index is -2.99. The van der Waals surface area contributed by atoms with Crippen LogP contribution in [0.1, 0.15) is 38.5 Å². The molecule has 1 unspecified atom stereocenters. The van der Waals surface area contributed by atoms with E-state index in [0.717, 1.165) is 25.7 Å². The molecule has 5 heteroatoms. The van der Waals surface area contributed by atoms with E-state index >= 15 is 0 Å². The molecule has 2 rings (SSSR count). The number of amides is 1. The van der Waals surface area contributed by atoms with Crippen LogP contribution in [0.3, 0.4) is 0 Å². The molecule has 0 aromatic rings. The number of hydrogen-bond acceptors (Lipinski definition) is 3. The minimum Gasteiger partial charge on any atom is -0.341 e. The van der Waals surface area contributed by atoms with Gasteiger partial charge in [-0.1, -0.05) is 19.3 Å². The highest BCUT2D eigenvalue weighted by Crippen LogP contribution is 2.27. The summed E-state index contributed by atoms with van der Waals surface area (Å²) in [6.45, 7) is 1.03. The lowest BCUT2D eigenvalue weighted by molar-refractivity contribution is -0.135. The largest absolute Gasteiger partial charge is 0.341 e. The van der Waals surface area contributed by atoms with E-state index in [1.165, 1.54) is 12.7 Å². The molecule has 1 saturated heterocycles. The first-order valence-corrected chi connectivity index (χ1v) is 8.41. The second-order valence-corrected chi connectivity index (χ2v) is 7.69. The van der Waals surface area contributed by atoms with Crippen LogP contribution < -0.4 is 0 Å². The monoisotopic (exact) mass is 259 g/mol. The Morgan fingerprint density at radius 1 is 1.12 bits per heavy atom. The molecule has 1 aliphatic carbocycles. The molecule has 4 nitrogen and oxygen atoms in total. The van der Waals surface area contributed by atoms with Gasteiger partial charge in [-0.2, -0.15) is 0 Å². The zero-order chi connectivity index (χ0) is 12.5. The van der Waals surface area contributed by atoms with E-state index in [4.69, 9.17) is 0 Å². The van der Waals surface area contributed by atoms with Crippen molar-refractivity contribution in [2.45, 2.75) is 43.8 Å². The van der Waals surface area contributed by atoms with E-state index in [2.05, 4.69) is 0 Å². The molecule has 17 heavy (non-hydrogen) atoms. The van der Waals surface area contributed by atoms with E-state index in [1.54, 1.807) is 4.90 Å². The third-order valence-corrected chi connectivity index (χ3v) is 5.61. The van der Waals surface area contributed by atoms with Crippen molar-refractivity contribution in [2.24, 2.45) is 5.92 Å². The summed E-state index contributed by atoms with van der Waals surface area (Å²) in [6.07, 6.45) is 7.36. The molecule has 0 N–H and O–H groups in total. The van der Waals surface area contributed by atoms with Crippen LogP contribution in [0.15, 0.2) is 0 Å². The molecule has 0 aromatic heterocycles. The smallest absolute Gasteiger partial charge is 0.225 e. The molecule has 1 atom stereocenters. The summed E-state index contributed by atoms with van der Waals surface area (Å²) in [5.74, 6) is 0.345. The SMILES string of the molecule is CS(=O)(=O)C1CCN(C(=O)C2CCCCC2)C1. The maximum absolute atomic E-state index is 12.2. The zero-order valence-electron chi connectivity index (χ0n) is 10.4. The van der Waals surface area contributed by atoms with Crippen molar-refractivity contribution in [1.82, 2.24) is 4.90 Å². The Hall–Kier alpha value is -0.580. The summed E-state index contributed by atoms with van der Waals surface area (Å²) in [5.41, 5.74) is 0. The molecule has 0 radical (unpaired) electrons. The van der Waals surface area contributed by atoms with Gasteiger partial charge in [0.15, 0.2) is 9.84 Å². The predicted molar refractivity (Wildman–Crippen MR) is 66.4 cm³/mol. The fourth-order valence-corrected chi connectivity index (χ4v) is 3.87. The van der Waals surface area contributed by atoms with Crippen LogP contribution in [0, 0.1) is 5.92 Å². The van der Waals surface area contributed by atoms with Crippen LogP contribution in [0.5, 0.6) is 0 Å².